The fraction of sp³-hybridized carbons (Fsp3) is 1.00. The maximum Gasteiger partial charge on any atom is 0.291 e. The standard InChI is InChI=1S/C8H17N.HNO3/c1-2-3-6-9-7-4-5-8-9;2-1(3)4/h2-8H2,1H3;(H,2,3,4). The molecule has 0 radical (unpaired) electrons. The molecule has 1 aliphatic heterocycles. The Morgan fingerprint density at radius 1 is 1.46 bits per heavy atom. The molecule has 5 nitrogen and oxygen atoms in total. The van der Waals surface area contributed by atoms with Crippen molar-refractivity contribution < 1.29 is 10.3 Å². The van der Waals surface area contributed by atoms with Crippen LogP contribution in [0.4, 0.5) is 0 Å². The van der Waals surface area contributed by atoms with Crippen LogP contribution in [0, 0.1) is 10.1 Å². The van der Waals surface area contributed by atoms with Gasteiger partial charge in [-0.2, -0.15) is 0 Å². The number of hydrogen-bond acceptors (Lipinski definition) is 3. The van der Waals surface area contributed by atoms with E-state index in [0.29, 0.717) is 0 Å². The Labute approximate surface area is 78.5 Å². The number of rotatable bonds is 3. The van der Waals surface area contributed by atoms with Crippen molar-refractivity contribution in [3.05, 3.63) is 10.1 Å². The quantitative estimate of drug-likeness (QED) is 0.541. The molecule has 5 heteroatoms. The SMILES string of the molecule is CCCCN1CCCC1.O=[N+]([O-])O. The van der Waals surface area contributed by atoms with E-state index in [0.717, 1.165) is 0 Å². The van der Waals surface area contributed by atoms with Gasteiger partial charge in [0, 0.05) is 0 Å². The molecular formula is C8H18N2O3. The zero-order chi connectivity index (χ0) is 10.1. The van der Waals surface area contributed by atoms with Crippen molar-refractivity contribution in [2.75, 3.05) is 19.6 Å². The van der Waals surface area contributed by atoms with E-state index in [1.165, 1.54) is 45.3 Å². The van der Waals surface area contributed by atoms with Crippen LogP contribution in [0.5, 0.6) is 0 Å². The largest absolute Gasteiger partial charge is 0.328 e. The summed E-state index contributed by atoms with van der Waals surface area (Å²) in [6, 6.07) is 0. The van der Waals surface area contributed by atoms with Gasteiger partial charge in [0.15, 0.2) is 0 Å². The molecule has 1 heterocycles. The Morgan fingerprint density at radius 2 is 1.92 bits per heavy atom. The normalized spacial score (nSPS) is 16.4. The second-order valence-electron chi connectivity index (χ2n) is 3.14. The second kappa shape index (κ2) is 7.79. The van der Waals surface area contributed by atoms with Crippen molar-refractivity contribution in [3.63, 3.8) is 0 Å². The summed E-state index contributed by atoms with van der Waals surface area (Å²) in [4.78, 5) is 10.9. The number of nitrogens with zero attached hydrogens (tertiary/aromatic N) is 2. The first-order chi connectivity index (χ1) is 6.16. The summed E-state index contributed by atoms with van der Waals surface area (Å²) in [7, 11) is 0. The van der Waals surface area contributed by atoms with E-state index in [1.807, 2.05) is 0 Å². The average molecular weight is 190 g/mol. The predicted octanol–water partition coefficient (Wildman–Crippen LogP) is 1.53. The van der Waals surface area contributed by atoms with E-state index < -0.39 is 5.09 Å². The molecule has 0 bridgehead atoms. The highest BCUT2D eigenvalue weighted by Crippen LogP contribution is 2.07. The zero-order valence-corrected chi connectivity index (χ0v) is 8.11. The summed E-state index contributed by atoms with van der Waals surface area (Å²) >= 11 is 0. The third kappa shape index (κ3) is 9.07. The van der Waals surface area contributed by atoms with E-state index in [4.69, 9.17) is 15.3 Å². The molecular weight excluding hydrogens is 172 g/mol. The first-order valence-electron chi connectivity index (χ1n) is 4.72. The van der Waals surface area contributed by atoms with Crippen LogP contribution in [0.1, 0.15) is 32.6 Å². The Kier molecular flexibility index (Phi) is 7.29. The average Bonchev–Trinajstić information content (AvgIpc) is 2.51. The van der Waals surface area contributed by atoms with Gasteiger partial charge in [-0.25, -0.2) is 0 Å². The van der Waals surface area contributed by atoms with Gasteiger partial charge in [0.1, 0.15) is 0 Å². The van der Waals surface area contributed by atoms with Gasteiger partial charge < -0.3 is 10.1 Å². The lowest BCUT2D eigenvalue weighted by molar-refractivity contribution is -0.742. The molecule has 0 amide bonds. The van der Waals surface area contributed by atoms with Crippen molar-refractivity contribution in [2.24, 2.45) is 0 Å². The highest BCUT2D eigenvalue weighted by atomic mass is 16.9. The first-order valence-corrected chi connectivity index (χ1v) is 4.72. The highest BCUT2D eigenvalue weighted by molar-refractivity contribution is 4.64. The molecule has 1 rings (SSSR count). The third-order valence-corrected chi connectivity index (χ3v) is 2.03. The van der Waals surface area contributed by atoms with Gasteiger partial charge in [0.25, 0.3) is 5.09 Å². The van der Waals surface area contributed by atoms with Crippen LogP contribution < -0.4 is 0 Å². The minimum Gasteiger partial charge on any atom is -0.328 e. The van der Waals surface area contributed by atoms with Gasteiger partial charge in [0.05, 0.1) is 0 Å². The number of likely N-dealkylation sites (tertiary alicyclic amines) is 1. The summed E-state index contributed by atoms with van der Waals surface area (Å²) in [5, 5.41) is 13.6. The van der Waals surface area contributed by atoms with Crippen LogP contribution in [-0.2, 0) is 0 Å². The Hall–Kier alpha value is -0.840. The van der Waals surface area contributed by atoms with Crippen LogP contribution in [-0.4, -0.2) is 34.8 Å². The van der Waals surface area contributed by atoms with Crippen molar-refractivity contribution in [1.29, 1.82) is 0 Å². The molecule has 0 aromatic heterocycles. The topological polar surface area (TPSA) is 66.6 Å². The minimum absolute atomic E-state index is 1.34. The minimum atomic E-state index is -1.50. The lowest BCUT2D eigenvalue weighted by Gasteiger charge is -2.12. The van der Waals surface area contributed by atoms with Crippen molar-refractivity contribution in [2.45, 2.75) is 32.6 Å². The van der Waals surface area contributed by atoms with E-state index in [-0.39, 0.29) is 0 Å². The third-order valence-electron chi connectivity index (χ3n) is 2.03. The fourth-order valence-electron chi connectivity index (χ4n) is 1.39. The maximum atomic E-state index is 8.36. The van der Waals surface area contributed by atoms with Crippen LogP contribution in [0.2, 0.25) is 0 Å². The summed E-state index contributed by atoms with van der Waals surface area (Å²) in [6.07, 6.45) is 5.60. The summed E-state index contributed by atoms with van der Waals surface area (Å²) < 4.78 is 0. The lowest BCUT2D eigenvalue weighted by atomic mass is 10.3. The molecule has 0 unspecified atom stereocenters. The summed E-state index contributed by atoms with van der Waals surface area (Å²) in [5.74, 6) is 0. The van der Waals surface area contributed by atoms with Crippen LogP contribution in [0.15, 0.2) is 0 Å². The van der Waals surface area contributed by atoms with Crippen molar-refractivity contribution >= 4 is 0 Å². The van der Waals surface area contributed by atoms with Gasteiger partial charge in [-0.05, 0) is 38.9 Å². The van der Waals surface area contributed by atoms with Gasteiger partial charge >= 0.3 is 0 Å². The zero-order valence-electron chi connectivity index (χ0n) is 8.11. The Balaban J connectivity index is 0.000000310. The summed E-state index contributed by atoms with van der Waals surface area (Å²) in [6.45, 7) is 6.33. The molecule has 13 heavy (non-hydrogen) atoms. The smallest absolute Gasteiger partial charge is 0.291 e. The molecule has 1 aliphatic rings. The van der Waals surface area contributed by atoms with Crippen LogP contribution in [0.25, 0.3) is 0 Å². The lowest BCUT2D eigenvalue weighted by Crippen LogP contribution is -2.19. The van der Waals surface area contributed by atoms with Crippen molar-refractivity contribution in [1.82, 2.24) is 4.90 Å². The van der Waals surface area contributed by atoms with Crippen LogP contribution in [0.3, 0.4) is 0 Å². The molecule has 1 N–H and O–H groups in total. The predicted molar refractivity (Wildman–Crippen MR) is 49.4 cm³/mol. The summed E-state index contributed by atoms with van der Waals surface area (Å²) in [5.41, 5.74) is 0. The molecule has 1 fully saturated rings. The molecule has 0 aliphatic carbocycles. The van der Waals surface area contributed by atoms with E-state index in [2.05, 4.69) is 11.8 Å². The first kappa shape index (κ1) is 12.2. The van der Waals surface area contributed by atoms with E-state index in [1.54, 1.807) is 0 Å². The maximum absolute atomic E-state index is 8.36. The molecule has 0 spiro atoms. The van der Waals surface area contributed by atoms with E-state index in [9.17, 15) is 0 Å². The monoisotopic (exact) mass is 190 g/mol. The van der Waals surface area contributed by atoms with E-state index >= 15 is 0 Å². The molecule has 1 saturated heterocycles. The fourth-order valence-corrected chi connectivity index (χ4v) is 1.39. The van der Waals surface area contributed by atoms with Crippen molar-refractivity contribution in [3.8, 4) is 0 Å². The Morgan fingerprint density at radius 3 is 2.31 bits per heavy atom. The molecule has 0 saturated carbocycles. The molecule has 0 aromatic carbocycles. The van der Waals surface area contributed by atoms with Gasteiger partial charge in [-0.3, -0.25) is 0 Å². The molecule has 0 aromatic rings. The van der Waals surface area contributed by atoms with Gasteiger partial charge in [-0.15, -0.1) is 10.1 Å². The molecule has 78 valence electrons. The Bertz CT molecular complexity index is 131. The van der Waals surface area contributed by atoms with Crippen LogP contribution >= 0.6 is 0 Å². The van der Waals surface area contributed by atoms with Gasteiger partial charge in [0.2, 0.25) is 0 Å². The highest BCUT2D eigenvalue weighted by Gasteiger charge is 2.08. The number of unbranched alkanes of at least 4 members (excludes halogenated alkanes) is 1. The van der Waals surface area contributed by atoms with Gasteiger partial charge in [-0.1, -0.05) is 13.3 Å². The molecule has 0 atom stereocenters. The number of hydrogen-bond donors (Lipinski definition) is 1. The second-order valence-corrected chi connectivity index (χ2v) is 3.14.